The fourth-order valence-corrected chi connectivity index (χ4v) is 7.38. The molecule has 0 unspecified atom stereocenters. The molecular weight excluding hydrogens is 456 g/mol. The van der Waals surface area contributed by atoms with Gasteiger partial charge in [-0.3, -0.25) is 9.59 Å². The Hall–Kier alpha value is -2.52. The van der Waals surface area contributed by atoms with Gasteiger partial charge in [0.1, 0.15) is 20.0 Å². The molecule has 0 saturated heterocycles. The van der Waals surface area contributed by atoms with Crippen LogP contribution in [0, 0.1) is 0 Å². The van der Waals surface area contributed by atoms with Crippen LogP contribution in [0.25, 0.3) is 10.6 Å². The number of thiazole rings is 1. The van der Waals surface area contributed by atoms with E-state index in [4.69, 9.17) is 4.74 Å². The minimum absolute atomic E-state index is 0.0766. The topological polar surface area (TPSA) is 67.1 Å². The summed E-state index contributed by atoms with van der Waals surface area (Å²) in [7, 11) is 3.41. The van der Waals surface area contributed by atoms with E-state index in [0.29, 0.717) is 20.5 Å². The monoisotopic (exact) mass is 484 g/mol. The van der Waals surface area contributed by atoms with Crippen LogP contribution in [0.3, 0.4) is 0 Å². The lowest BCUT2D eigenvalue weighted by atomic mass is 9.95. The quantitative estimate of drug-likeness (QED) is 0.670. The van der Waals surface area contributed by atoms with E-state index in [2.05, 4.69) is 16.9 Å². The van der Waals surface area contributed by atoms with Crippen LogP contribution in [0.2, 0.25) is 0 Å². The standard InChI is InChI=1S/C24H28N4O3S2/c1-5-27-17-13-16(31-4)11-12-18(17)32-24(27)20-22(30)26(3)23(33-20)19-14(2)25-28(21(19)29)15-9-7-6-8-10-15/h11-13,15H,5-10H2,1-4H3. The number of thioether (sulfide) groups is 1. The van der Waals surface area contributed by atoms with Gasteiger partial charge in [0.25, 0.3) is 11.5 Å². The van der Waals surface area contributed by atoms with Gasteiger partial charge >= 0.3 is 0 Å². The van der Waals surface area contributed by atoms with E-state index >= 15 is 0 Å². The summed E-state index contributed by atoms with van der Waals surface area (Å²) in [6, 6.07) is 6.14. The number of methoxy groups -OCH3 is 1. The molecule has 3 heterocycles. The van der Waals surface area contributed by atoms with Gasteiger partial charge in [-0.1, -0.05) is 31.0 Å². The van der Waals surface area contributed by atoms with Crippen molar-refractivity contribution < 1.29 is 9.53 Å². The zero-order chi connectivity index (χ0) is 23.3. The average Bonchev–Trinajstić information content (AvgIpc) is 3.44. The second-order valence-electron chi connectivity index (χ2n) is 8.59. The molecule has 174 valence electrons. The fourth-order valence-electron chi connectivity index (χ4n) is 4.83. The number of hydrogen-bond donors (Lipinski definition) is 0. The Morgan fingerprint density at radius 1 is 1.18 bits per heavy atom. The number of ether oxygens (including phenoxy) is 1. The van der Waals surface area contributed by atoms with E-state index in [9.17, 15) is 9.59 Å². The molecule has 2 aliphatic heterocycles. The zero-order valence-electron chi connectivity index (χ0n) is 19.4. The average molecular weight is 485 g/mol. The predicted octanol–water partition coefficient (Wildman–Crippen LogP) is 2.85. The molecule has 33 heavy (non-hydrogen) atoms. The number of amides is 1. The van der Waals surface area contributed by atoms with E-state index in [1.54, 1.807) is 35.5 Å². The van der Waals surface area contributed by atoms with Gasteiger partial charge in [0.15, 0.2) is 0 Å². The number of fused-ring (bicyclic) bond motifs is 1. The molecule has 1 aromatic heterocycles. The highest BCUT2D eigenvalue weighted by Gasteiger charge is 2.35. The van der Waals surface area contributed by atoms with Crippen LogP contribution < -0.4 is 24.4 Å². The summed E-state index contributed by atoms with van der Waals surface area (Å²) in [6.07, 6.45) is 5.47. The Kier molecular flexibility index (Phi) is 5.86. The van der Waals surface area contributed by atoms with Crippen molar-refractivity contribution >= 4 is 51.0 Å². The van der Waals surface area contributed by atoms with Gasteiger partial charge in [-0.15, -0.1) is 11.3 Å². The van der Waals surface area contributed by atoms with E-state index in [-0.39, 0.29) is 17.5 Å². The van der Waals surface area contributed by atoms with Crippen LogP contribution in [0.1, 0.15) is 46.0 Å². The molecule has 0 atom stereocenters. The van der Waals surface area contributed by atoms with Gasteiger partial charge in [0, 0.05) is 24.6 Å². The summed E-state index contributed by atoms with van der Waals surface area (Å²) in [5.74, 6) is 0.711. The molecule has 1 aromatic carbocycles. The Balaban J connectivity index is 1.64. The maximum Gasteiger partial charge on any atom is 0.279 e. The number of benzene rings is 1. The number of anilines is 1. The van der Waals surface area contributed by atoms with Gasteiger partial charge in [0.05, 0.1) is 30.1 Å². The second kappa shape index (κ2) is 8.68. The molecule has 7 nitrogen and oxygen atoms in total. The summed E-state index contributed by atoms with van der Waals surface area (Å²) in [6.45, 7) is 4.67. The number of rotatable bonds is 3. The van der Waals surface area contributed by atoms with Crippen LogP contribution in [0.4, 0.5) is 5.69 Å². The number of aromatic nitrogens is 1. The number of hydrogen-bond acceptors (Lipinski definition) is 7. The molecule has 0 N–H and O–H groups in total. The second-order valence-corrected chi connectivity index (χ2v) is 10.6. The highest BCUT2D eigenvalue weighted by atomic mass is 32.2. The van der Waals surface area contributed by atoms with E-state index in [1.165, 1.54) is 17.8 Å². The smallest absolute Gasteiger partial charge is 0.279 e. The Morgan fingerprint density at radius 2 is 1.94 bits per heavy atom. The molecule has 1 aliphatic carbocycles. The molecule has 0 spiro atoms. The Morgan fingerprint density at radius 3 is 2.64 bits per heavy atom. The summed E-state index contributed by atoms with van der Waals surface area (Å²) in [5, 5.41) is 7.21. The van der Waals surface area contributed by atoms with Crippen molar-refractivity contribution in [2.75, 3.05) is 18.6 Å². The van der Waals surface area contributed by atoms with Crippen molar-refractivity contribution in [1.82, 2.24) is 9.58 Å². The zero-order valence-corrected chi connectivity index (χ0v) is 21.0. The highest BCUT2D eigenvalue weighted by Crippen LogP contribution is 2.47. The normalized spacial score (nSPS) is 22.2. The third-order valence-corrected chi connectivity index (χ3v) is 9.15. The first-order valence-corrected chi connectivity index (χ1v) is 13.0. The molecule has 0 bridgehead atoms. The van der Waals surface area contributed by atoms with Gasteiger partial charge in [0.2, 0.25) is 0 Å². The van der Waals surface area contributed by atoms with E-state index < -0.39 is 0 Å². The van der Waals surface area contributed by atoms with Crippen molar-refractivity contribution in [3.8, 4) is 5.75 Å². The lowest BCUT2D eigenvalue weighted by Gasteiger charge is -2.27. The van der Waals surface area contributed by atoms with Crippen LogP contribution in [-0.4, -0.2) is 40.9 Å². The number of hydrazone groups is 1. The van der Waals surface area contributed by atoms with Crippen LogP contribution in [0.15, 0.2) is 33.0 Å². The van der Waals surface area contributed by atoms with Crippen LogP contribution >= 0.6 is 23.1 Å². The maximum absolute atomic E-state index is 13.4. The van der Waals surface area contributed by atoms with Crippen molar-refractivity contribution in [1.29, 1.82) is 0 Å². The first-order valence-electron chi connectivity index (χ1n) is 11.4. The van der Waals surface area contributed by atoms with Crippen LogP contribution in [-0.2, 0) is 11.8 Å². The Labute approximate surface area is 201 Å². The van der Waals surface area contributed by atoms with Crippen molar-refractivity contribution in [3.63, 3.8) is 0 Å². The van der Waals surface area contributed by atoms with Gasteiger partial charge in [-0.25, -0.2) is 5.01 Å². The number of nitrogens with zero attached hydrogens (tertiary/aromatic N) is 4. The molecule has 1 fully saturated rings. The van der Waals surface area contributed by atoms with Gasteiger partial charge in [-0.2, -0.15) is 5.10 Å². The summed E-state index contributed by atoms with van der Waals surface area (Å²) < 4.78 is 8.35. The SMILES string of the molecule is CCN1C(=c2sc(=C3C(=O)N(C4CCCCC4)N=C3C)n(C)c2=O)Sc2ccc(OC)cc21. The molecule has 3 aliphatic rings. The van der Waals surface area contributed by atoms with E-state index in [1.807, 2.05) is 25.1 Å². The summed E-state index contributed by atoms with van der Waals surface area (Å²) in [5.41, 5.74) is 2.21. The predicted molar refractivity (Wildman–Crippen MR) is 134 cm³/mol. The maximum atomic E-state index is 13.4. The first kappa shape index (κ1) is 22.3. The summed E-state index contributed by atoms with van der Waals surface area (Å²) in [4.78, 5) is 30.0. The van der Waals surface area contributed by atoms with Crippen molar-refractivity contribution in [2.24, 2.45) is 12.1 Å². The minimum Gasteiger partial charge on any atom is -0.497 e. The third-order valence-electron chi connectivity index (χ3n) is 6.60. The lowest BCUT2D eigenvalue weighted by molar-refractivity contribution is -0.126. The number of carbonyl (C=O) groups is 1. The van der Waals surface area contributed by atoms with Crippen molar-refractivity contribution in [2.45, 2.75) is 56.9 Å². The molecule has 9 heteroatoms. The van der Waals surface area contributed by atoms with Gasteiger partial charge < -0.3 is 14.2 Å². The minimum atomic E-state index is -0.0834. The third kappa shape index (κ3) is 3.61. The van der Waals surface area contributed by atoms with Crippen LogP contribution in [0.5, 0.6) is 5.75 Å². The van der Waals surface area contributed by atoms with Gasteiger partial charge in [-0.05, 0) is 38.8 Å². The highest BCUT2D eigenvalue weighted by molar-refractivity contribution is 8.08. The molecule has 1 saturated carbocycles. The fraction of sp³-hybridized carbons (Fsp3) is 0.458. The largest absolute Gasteiger partial charge is 0.497 e. The summed E-state index contributed by atoms with van der Waals surface area (Å²) >= 11 is 2.98. The lowest BCUT2D eigenvalue weighted by Crippen LogP contribution is -2.37. The molecule has 0 radical (unpaired) electrons. The molecule has 1 amide bonds. The van der Waals surface area contributed by atoms with Crippen molar-refractivity contribution in [3.05, 3.63) is 37.7 Å². The molecule has 2 aromatic rings. The first-order chi connectivity index (χ1) is 15.9. The molecular formula is C24H28N4O3S2. The van der Waals surface area contributed by atoms with E-state index in [0.717, 1.165) is 53.6 Å². The number of carbonyl (C=O) groups excluding carboxylic acids is 1. The molecule has 5 rings (SSSR count). The Bertz CT molecular complexity index is 1330.